The van der Waals surface area contributed by atoms with E-state index in [-0.39, 0.29) is 32.6 Å². The molecule has 0 fully saturated rings. The van der Waals surface area contributed by atoms with Gasteiger partial charge in [-0.25, -0.2) is 8.78 Å². The molecule has 0 aliphatic heterocycles. The van der Waals surface area contributed by atoms with E-state index >= 15 is 0 Å². The second-order valence-electron chi connectivity index (χ2n) is 14.9. The summed E-state index contributed by atoms with van der Waals surface area (Å²) in [4.78, 5) is 37.7. The molecule has 4 heterocycles. The van der Waals surface area contributed by atoms with Gasteiger partial charge in [-0.2, -0.15) is 9.46 Å². The highest BCUT2D eigenvalue weighted by molar-refractivity contribution is 6.36. The summed E-state index contributed by atoms with van der Waals surface area (Å²) in [5.74, 6) is -1.34. The van der Waals surface area contributed by atoms with Gasteiger partial charge in [-0.3, -0.25) is 14.8 Å². The lowest BCUT2D eigenvalue weighted by molar-refractivity contribution is 0.0559. The van der Waals surface area contributed by atoms with E-state index in [0.29, 0.717) is 58.3 Å². The highest BCUT2D eigenvalue weighted by Crippen LogP contribution is 2.36. The number of hydrogen-bond donors (Lipinski definition) is 1. The van der Waals surface area contributed by atoms with Gasteiger partial charge in [0.1, 0.15) is 22.7 Å². The second kappa shape index (κ2) is 18.6. The lowest BCUT2D eigenvalue weighted by atomic mass is 10.0. The third-order valence-electron chi connectivity index (χ3n) is 11.0. The number of rotatable bonds is 14. The van der Waals surface area contributed by atoms with Gasteiger partial charge in [0.25, 0.3) is 5.91 Å². The molecule has 0 saturated heterocycles. The summed E-state index contributed by atoms with van der Waals surface area (Å²) in [7, 11) is 0. The number of nitrogens with zero attached hydrogens (tertiary/aromatic N) is 5. The molecule has 15 heteroatoms. The van der Waals surface area contributed by atoms with Gasteiger partial charge >= 0.3 is 0 Å². The first-order chi connectivity index (χ1) is 30.3. The summed E-state index contributed by atoms with van der Waals surface area (Å²) in [5.41, 5.74) is 8.76. The highest BCUT2D eigenvalue weighted by atomic mass is 35.5. The summed E-state index contributed by atoms with van der Waals surface area (Å²) in [6.45, 7) is 6.15. The zero-order valence-corrected chi connectivity index (χ0v) is 37.2. The van der Waals surface area contributed by atoms with Crippen molar-refractivity contribution in [3.63, 3.8) is 0 Å². The summed E-state index contributed by atoms with van der Waals surface area (Å²) in [6.07, 6.45) is 6.07. The van der Waals surface area contributed by atoms with Crippen molar-refractivity contribution in [3.05, 3.63) is 175 Å². The van der Waals surface area contributed by atoms with Crippen LogP contribution in [0.4, 0.5) is 8.78 Å². The number of carbonyl (C=O) groups is 1. The van der Waals surface area contributed by atoms with Crippen molar-refractivity contribution in [3.8, 4) is 22.3 Å². The molecule has 0 radical (unpaired) electrons. The van der Waals surface area contributed by atoms with Crippen molar-refractivity contribution in [2.24, 2.45) is 0 Å². The minimum absolute atomic E-state index is 0.0705. The monoisotopic (exact) mass is 927 g/mol. The highest BCUT2D eigenvalue weighted by Gasteiger charge is 2.23. The van der Waals surface area contributed by atoms with Crippen LogP contribution in [0.15, 0.2) is 116 Å². The lowest BCUT2D eigenvalue weighted by Gasteiger charge is -2.21. The number of benzene rings is 4. The molecule has 8 rings (SSSR count). The Morgan fingerprint density at radius 1 is 0.730 bits per heavy atom. The fraction of sp³-hybridized carbons (Fsp3) is 0.188. The normalized spacial score (nSPS) is 12.5. The molecule has 1 amide bonds. The van der Waals surface area contributed by atoms with E-state index in [0.717, 1.165) is 33.4 Å². The molecule has 0 aliphatic rings. The van der Waals surface area contributed by atoms with Crippen LogP contribution in [0.5, 0.6) is 0 Å². The van der Waals surface area contributed by atoms with Crippen LogP contribution in [-0.2, 0) is 13.0 Å². The third-order valence-corrected chi connectivity index (χ3v) is 12.4. The Bertz CT molecular complexity index is 2980. The van der Waals surface area contributed by atoms with Crippen LogP contribution in [-0.4, -0.2) is 48.4 Å². The van der Waals surface area contributed by atoms with Crippen LogP contribution in [0.3, 0.4) is 0 Å². The fourth-order valence-corrected chi connectivity index (χ4v) is 8.89. The standard InChI is InChI=1S/C48H39Cl4F2N5O4/c1-4-57(48(61)32-11-9-31(10-12-32)34-21-41-40(55-23-34)18-20-58(41)62-27(2)43-36(49)13-15-38(53)45(43)51)19-17-33-25-59(63-28(3)44-37(50)14-16-39(54)46(44)52)42-22-35(24-56-47(33)42)30-7-5-29(26-60)6-8-30/h5-16,18,20-25,27-28,60H,4,17,19,26H2,1-3H3. The Morgan fingerprint density at radius 3 is 1.87 bits per heavy atom. The molecule has 4 aromatic carbocycles. The smallest absolute Gasteiger partial charge is 0.253 e. The number of carbonyl (C=O) groups excluding carboxylic acids is 1. The van der Waals surface area contributed by atoms with E-state index in [1.807, 2.05) is 61.7 Å². The Balaban J connectivity index is 1.01. The van der Waals surface area contributed by atoms with Crippen molar-refractivity contribution >= 4 is 74.4 Å². The summed E-state index contributed by atoms with van der Waals surface area (Å²) < 4.78 is 31.9. The van der Waals surface area contributed by atoms with Gasteiger partial charge in [-0.15, -0.1) is 0 Å². The largest absolute Gasteiger partial charge is 0.406 e. The van der Waals surface area contributed by atoms with Gasteiger partial charge in [-0.05, 0) is 98.5 Å². The average molecular weight is 930 g/mol. The first kappa shape index (κ1) is 43.9. The minimum Gasteiger partial charge on any atom is -0.406 e. The number of amides is 1. The van der Waals surface area contributed by atoms with E-state index in [9.17, 15) is 18.7 Å². The van der Waals surface area contributed by atoms with E-state index < -0.39 is 23.8 Å². The van der Waals surface area contributed by atoms with E-state index in [4.69, 9.17) is 61.1 Å². The zero-order valence-electron chi connectivity index (χ0n) is 34.1. The maximum atomic E-state index is 14.5. The van der Waals surface area contributed by atoms with Crippen molar-refractivity contribution < 1.29 is 28.4 Å². The van der Waals surface area contributed by atoms with Gasteiger partial charge in [0, 0.05) is 81.3 Å². The number of halogens is 6. The molecule has 4 aromatic heterocycles. The van der Waals surface area contributed by atoms with Crippen LogP contribution in [0, 0.1) is 11.6 Å². The molecule has 1 N–H and O–H groups in total. The molecule has 0 spiro atoms. The van der Waals surface area contributed by atoms with Crippen molar-refractivity contribution in [2.75, 3.05) is 13.1 Å². The quantitative estimate of drug-likeness (QED) is 0.109. The first-order valence-electron chi connectivity index (χ1n) is 20.0. The van der Waals surface area contributed by atoms with Crippen LogP contribution in [0.25, 0.3) is 44.3 Å². The Hall–Kier alpha value is -5.69. The van der Waals surface area contributed by atoms with Crippen molar-refractivity contribution in [2.45, 2.75) is 46.0 Å². The topological polar surface area (TPSA) is 94.6 Å². The van der Waals surface area contributed by atoms with E-state index in [1.165, 1.54) is 24.3 Å². The average Bonchev–Trinajstić information content (AvgIpc) is 3.86. The Kier molecular flexibility index (Phi) is 13.0. The first-order valence-corrected chi connectivity index (χ1v) is 21.5. The molecule has 322 valence electrons. The molecule has 2 atom stereocenters. The van der Waals surface area contributed by atoms with Gasteiger partial charge < -0.3 is 19.7 Å². The maximum absolute atomic E-state index is 14.5. The van der Waals surface area contributed by atoms with Crippen LogP contribution >= 0.6 is 46.4 Å². The molecule has 63 heavy (non-hydrogen) atoms. The number of hydrogen-bond acceptors (Lipinski definition) is 6. The molecular weight excluding hydrogens is 890 g/mol. The predicted molar refractivity (Wildman–Crippen MR) is 244 cm³/mol. The number of aliphatic hydroxyl groups is 1. The van der Waals surface area contributed by atoms with Crippen molar-refractivity contribution in [1.29, 1.82) is 0 Å². The molecule has 8 aromatic rings. The second-order valence-corrected chi connectivity index (χ2v) is 16.5. The number of fused-ring (bicyclic) bond motifs is 2. The van der Waals surface area contributed by atoms with Crippen LogP contribution in [0.1, 0.15) is 65.6 Å². The number of aliphatic hydroxyl groups excluding tert-OH is 1. The Labute approximate surface area is 381 Å². The minimum atomic E-state index is -0.750. The van der Waals surface area contributed by atoms with Crippen LogP contribution < -0.4 is 9.68 Å². The molecule has 9 nitrogen and oxygen atoms in total. The van der Waals surface area contributed by atoms with Crippen molar-refractivity contribution in [1.82, 2.24) is 24.3 Å². The van der Waals surface area contributed by atoms with E-state index in [2.05, 4.69) is 4.98 Å². The third kappa shape index (κ3) is 8.94. The van der Waals surface area contributed by atoms with Gasteiger partial charge in [0.05, 0.1) is 27.7 Å². The summed E-state index contributed by atoms with van der Waals surface area (Å²) >= 11 is 25.4. The van der Waals surface area contributed by atoms with Crippen LogP contribution in [0.2, 0.25) is 20.1 Å². The number of likely N-dealkylation sites (N-methyl/N-ethyl adjacent to an activating group) is 1. The molecular formula is C48H39Cl4F2N5O4. The maximum Gasteiger partial charge on any atom is 0.253 e. The van der Waals surface area contributed by atoms with Gasteiger partial charge in [0.2, 0.25) is 0 Å². The summed E-state index contributed by atoms with van der Waals surface area (Å²) in [5, 5.41) is 9.88. The SMILES string of the molecule is CCN(CCc1cn(OC(C)c2c(Cl)ccc(F)c2Cl)c2cc(-c3ccc(CO)cc3)cnc12)C(=O)c1ccc(-c2cnc3ccn(OC(C)c4c(Cl)ccc(F)c4Cl)c3c2)cc1. The molecule has 0 bridgehead atoms. The zero-order chi connectivity index (χ0) is 44.5. The number of pyridine rings is 2. The fourth-order valence-electron chi connectivity index (χ4n) is 7.53. The lowest BCUT2D eigenvalue weighted by Crippen LogP contribution is -2.32. The van der Waals surface area contributed by atoms with E-state index in [1.54, 1.807) is 65.0 Å². The predicted octanol–water partition coefficient (Wildman–Crippen LogP) is 12.2. The molecule has 0 saturated carbocycles. The number of aromatic nitrogens is 4. The van der Waals surface area contributed by atoms with Gasteiger partial charge in [0.15, 0.2) is 12.2 Å². The Morgan fingerprint density at radius 2 is 1.29 bits per heavy atom. The van der Waals surface area contributed by atoms with Gasteiger partial charge in [-0.1, -0.05) is 82.8 Å². The summed E-state index contributed by atoms with van der Waals surface area (Å²) in [6, 6.07) is 25.8. The molecule has 0 aliphatic carbocycles. The molecule has 2 unspecified atom stereocenters.